The lowest BCUT2D eigenvalue weighted by molar-refractivity contribution is 0.159. The predicted octanol–water partition coefficient (Wildman–Crippen LogP) is 4.95. The third-order valence-electron chi connectivity index (χ3n) is 3.94. The molecule has 0 aliphatic rings. The van der Waals surface area contributed by atoms with E-state index in [2.05, 4.69) is 28.7 Å². The number of ether oxygens (including phenoxy) is 1. The fraction of sp³-hybridized carbons (Fsp3) is 0.211. The number of nitrogens with zero attached hydrogens (tertiary/aromatic N) is 2. The summed E-state index contributed by atoms with van der Waals surface area (Å²) in [6, 6.07) is 16.1. The Hall–Kier alpha value is -2.02. The van der Waals surface area contributed by atoms with E-state index in [0.717, 1.165) is 25.7 Å². The summed E-state index contributed by atoms with van der Waals surface area (Å²) in [7, 11) is 1.99. The Labute approximate surface area is 155 Å². The first-order chi connectivity index (χ1) is 11.6. The lowest BCUT2D eigenvalue weighted by Gasteiger charge is -2.22. The maximum atomic E-state index is 12.6. The number of amides is 1. The summed E-state index contributed by atoms with van der Waals surface area (Å²) in [5, 5.41) is 1.04. The molecule has 3 aromatic rings. The molecular weight excluding hydrogens is 415 g/mol. The van der Waals surface area contributed by atoms with E-state index in [1.165, 1.54) is 0 Å². The molecule has 0 saturated heterocycles. The van der Waals surface area contributed by atoms with Gasteiger partial charge in [0, 0.05) is 27.7 Å². The third-order valence-corrected chi connectivity index (χ3v) is 4.99. The Balaban J connectivity index is 2.07. The number of aromatic nitrogens is 1. The highest BCUT2D eigenvalue weighted by Crippen LogP contribution is 2.30. The molecule has 1 aromatic heterocycles. The molecule has 4 nitrogen and oxygen atoms in total. The van der Waals surface area contributed by atoms with Gasteiger partial charge in [0.1, 0.15) is 0 Å². The maximum absolute atomic E-state index is 12.6. The van der Waals surface area contributed by atoms with Crippen LogP contribution in [0.15, 0.2) is 54.7 Å². The molecule has 5 heteroatoms. The van der Waals surface area contributed by atoms with Crippen LogP contribution in [-0.2, 0) is 18.3 Å². The van der Waals surface area contributed by atoms with Crippen LogP contribution < -0.4 is 4.90 Å². The first kappa shape index (κ1) is 16.8. The van der Waals surface area contributed by atoms with Crippen molar-refractivity contribution < 1.29 is 9.53 Å². The zero-order valence-corrected chi connectivity index (χ0v) is 15.9. The van der Waals surface area contributed by atoms with Crippen LogP contribution in [0.5, 0.6) is 0 Å². The molecule has 0 bridgehead atoms. The fourth-order valence-corrected chi connectivity index (χ4v) is 3.34. The summed E-state index contributed by atoms with van der Waals surface area (Å²) < 4.78 is 8.47. The number of carbonyl (C=O) groups excluding carboxylic acids is 1. The molecule has 0 spiro atoms. The second-order valence-electron chi connectivity index (χ2n) is 5.52. The SMILES string of the molecule is CCOC(=O)N(Cc1ccccc1I)c1cn(C)c2ccccc12. The average molecular weight is 434 g/mol. The van der Waals surface area contributed by atoms with Crippen molar-refractivity contribution in [1.82, 2.24) is 4.57 Å². The van der Waals surface area contributed by atoms with Crippen molar-refractivity contribution in [2.45, 2.75) is 13.5 Å². The van der Waals surface area contributed by atoms with Gasteiger partial charge in [-0.2, -0.15) is 0 Å². The third kappa shape index (κ3) is 3.26. The van der Waals surface area contributed by atoms with Crippen molar-refractivity contribution >= 4 is 45.3 Å². The van der Waals surface area contributed by atoms with Crippen molar-refractivity contribution in [2.75, 3.05) is 11.5 Å². The predicted molar refractivity (Wildman–Crippen MR) is 105 cm³/mol. The summed E-state index contributed by atoms with van der Waals surface area (Å²) in [6.07, 6.45) is 1.66. The van der Waals surface area contributed by atoms with Gasteiger partial charge in [0.2, 0.25) is 0 Å². The first-order valence-electron chi connectivity index (χ1n) is 7.83. The molecule has 3 rings (SSSR count). The number of rotatable bonds is 4. The molecule has 1 amide bonds. The molecule has 0 N–H and O–H groups in total. The Morgan fingerprint density at radius 2 is 1.88 bits per heavy atom. The van der Waals surface area contributed by atoms with Gasteiger partial charge in [-0.15, -0.1) is 0 Å². The van der Waals surface area contributed by atoms with Crippen LogP contribution in [0.4, 0.5) is 10.5 Å². The van der Waals surface area contributed by atoms with Crippen molar-refractivity contribution in [1.29, 1.82) is 0 Å². The quantitative estimate of drug-likeness (QED) is 0.545. The summed E-state index contributed by atoms with van der Waals surface area (Å²) in [4.78, 5) is 14.3. The number of hydrogen-bond donors (Lipinski definition) is 0. The number of anilines is 1. The molecule has 0 unspecified atom stereocenters. The first-order valence-corrected chi connectivity index (χ1v) is 8.91. The summed E-state index contributed by atoms with van der Waals surface area (Å²) in [6.45, 7) is 2.66. The summed E-state index contributed by atoms with van der Waals surface area (Å²) in [5.74, 6) is 0. The van der Waals surface area contributed by atoms with Gasteiger partial charge in [0.15, 0.2) is 0 Å². The molecule has 2 aromatic carbocycles. The molecule has 1 heterocycles. The van der Waals surface area contributed by atoms with Crippen LogP contribution in [-0.4, -0.2) is 17.3 Å². The minimum Gasteiger partial charge on any atom is -0.449 e. The Morgan fingerprint density at radius 3 is 2.62 bits per heavy atom. The van der Waals surface area contributed by atoms with Crippen molar-refractivity contribution in [3.63, 3.8) is 0 Å². The highest BCUT2D eigenvalue weighted by atomic mass is 127. The minimum absolute atomic E-state index is 0.325. The molecular formula is C19H19IN2O2. The standard InChI is InChI=1S/C19H19IN2O2/c1-3-24-19(23)22(12-14-8-4-6-10-16(14)20)18-13-21(2)17-11-7-5-9-15(17)18/h4-11,13H,3,12H2,1-2H3. The number of aryl methyl sites for hydroxylation is 1. The number of halogens is 1. The highest BCUT2D eigenvalue weighted by molar-refractivity contribution is 14.1. The Kier molecular flexibility index (Phi) is 5.08. The molecule has 0 fully saturated rings. The van der Waals surface area contributed by atoms with Crippen molar-refractivity contribution in [3.05, 3.63) is 63.9 Å². The second-order valence-corrected chi connectivity index (χ2v) is 6.68. The highest BCUT2D eigenvalue weighted by Gasteiger charge is 2.22. The van der Waals surface area contributed by atoms with Crippen LogP contribution in [0.3, 0.4) is 0 Å². The smallest absolute Gasteiger partial charge is 0.414 e. The van der Waals surface area contributed by atoms with Gasteiger partial charge >= 0.3 is 6.09 Å². The van der Waals surface area contributed by atoms with Crippen LogP contribution in [0.25, 0.3) is 10.9 Å². The number of benzene rings is 2. The summed E-state index contributed by atoms with van der Waals surface area (Å²) >= 11 is 2.30. The van der Waals surface area contributed by atoms with Gasteiger partial charge in [-0.05, 0) is 47.2 Å². The van der Waals surface area contributed by atoms with E-state index in [0.29, 0.717) is 13.2 Å². The van der Waals surface area contributed by atoms with Crippen molar-refractivity contribution in [3.8, 4) is 0 Å². The van der Waals surface area contributed by atoms with Crippen LogP contribution >= 0.6 is 22.6 Å². The van der Waals surface area contributed by atoms with Crippen molar-refractivity contribution in [2.24, 2.45) is 7.05 Å². The molecule has 0 aliphatic carbocycles. The zero-order valence-electron chi connectivity index (χ0n) is 13.7. The summed E-state index contributed by atoms with van der Waals surface area (Å²) in [5.41, 5.74) is 3.05. The number of hydrogen-bond acceptors (Lipinski definition) is 2. The number of para-hydroxylation sites is 1. The van der Waals surface area contributed by atoms with Gasteiger partial charge < -0.3 is 9.30 Å². The second kappa shape index (κ2) is 7.25. The number of carbonyl (C=O) groups is 1. The van der Waals surface area contributed by atoms with E-state index < -0.39 is 0 Å². The lowest BCUT2D eigenvalue weighted by atomic mass is 10.2. The molecule has 0 aliphatic heterocycles. The topological polar surface area (TPSA) is 34.5 Å². The van der Waals surface area contributed by atoms with Gasteiger partial charge in [-0.25, -0.2) is 4.79 Å². The van der Waals surface area contributed by atoms with Gasteiger partial charge in [-0.1, -0.05) is 36.4 Å². The van der Waals surface area contributed by atoms with Gasteiger partial charge in [-0.3, -0.25) is 4.90 Å². The van der Waals surface area contributed by atoms with E-state index in [1.54, 1.807) is 4.90 Å². The molecule has 124 valence electrons. The minimum atomic E-state index is -0.325. The van der Waals surface area contributed by atoms with E-state index in [1.807, 2.05) is 67.2 Å². The Bertz CT molecular complexity index is 873. The largest absolute Gasteiger partial charge is 0.449 e. The van der Waals surface area contributed by atoms with E-state index in [4.69, 9.17) is 4.74 Å². The molecule has 0 atom stereocenters. The maximum Gasteiger partial charge on any atom is 0.414 e. The Morgan fingerprint density at radius 1 is 1.17 bits per heavy atom. The van der Waals surface area contributed by atoms with Crippen LogP contribution in [0.1, 0.15) is 12.5 Å². The van der Waals surface area contributed by atoms with Gasteiger partial charge in [0.25, 0.3) is 0 Å². The van der Waals surface area contributed by atoms with Gasteiger partial charge in [0.05, 0.1) is 18.8 Å². The normalized spacial score (nSPS) is 10.8. The molecule has 24 heavy (non-hydrogen) atoms. The van der Waals surface area contributed by atoms with Crippen LogP contribution in [0, 0.1) is 3.57 Å². The van der Waals surface area contributed by atoms with Crippen LogP contribution in [0.2, 0.25) is 0 Å². The lowest BCUT2D eigenvalue weighted by Crippen LogP contribution is -2.31. The zero-order chi connectivity index (χ0) is 17.1. The van der Waals surface area contributed by atoms with E-state index >= 15 is 0 Å². The average Bonchev–Trinajstić information content (AvgIpc) is 2.91. The fourth-order valence-electron chi connectivity index (χ4n) is 2.78. The molecule has 0 radical (unpaired) electrons. The van der Waals surface area contributed by atoms with E-state index in [9.17, 15) is 4.79 Å². The number of fused-ring (bicyclic) bond motifs is 1. The molecule has 0 saturated carbocycles. The van der Waals surface area contributed by atoms with E-state index in [-0.39, 0.29) is 6.09 Å². The monoisotopic (exact) mass is 434 g/mol.